The standard InChI is InChI=1S/C22H33N5O3S/c1-22(2,3)19-15-24-20(30-19)16-26-21(23-4)25-14-17-9-8-10-18(13-17)31(28,29)27-11-6-5-7-12-27/h8-10,13,15H,5-7,11-12,14,16H2,1-4H3,(H2,23,25,26). The first-order valence-electron chi connectivity index (χ1n) is 10.7. The molecule has 1 fully saturated rings. The zero-order valence-electron chi connectivity index (χ0n) is 18.8. The lowest BCUT2D eigenvalue weighted by atomic mass is 9.94. The van der Waals surface area contributed by atoms with Crippen LogP contribution in [0.15, 0.2) is 44.8 Å². The Labute approximate surface area is 185 Å². The summed E-state index contributed by atoms with van der Waals surface area (Å²) < 4.78 is 33.2. The number of benzene rings is 1. The van der Waals surface area contributed by atoms with Gasteiger partial charge in [0.2, 0.25) is 15.9 Å². The fraction of sp³-hybridized carbons (Fsp3) is 0.545. The molecule has 0 saturated carbocycles. The van der Waals surface area contributed by atoms with Gasteiger partial charge < -0.3 is 15.1 Å². The van der Waals surface area contributed by atoms with Crippen molar-refractivity contribution in [3.05, 3.63) is 47.7 Å². The van der Waals surface area contributed by atoms with Gasteiger partial charge in [-0.05, 0) is 30.5 Å². The molecule has 0 spiro atoms. The van der Waals surface area contributed by atoms with Crippen LogP contribution >= 0.6 is 0 Å². The lowest BCUT2D eigenvalue weighted by Crippen LogP contribution is -2.37. The van der Waals surface area contributed by atoms with E-state index in [2.05, 4.69) is 41.4 Å². The molecule has 9 heteroatoms. The highest BCUT2D eigenvalue weighted by Crippen LogP contribution is 2.23. The fourth-order valence-corrected chi connectivity index (χ4v) is 4.96. The van der Waals surface area contributed by atoms with Crippen molar-refractivity contribution in [2.24, 2.45) is 4.99 Å². The molecule has 1 aromatic heterocycles. The summed E-state index contributed by atoms with van der Waals surface area (Å²) in [6.45, 7) is 8.26. The number of nitrogens with zero attached hydrogens (tertiary/aromatic N) is 3. The Kier molecular flexibility index (Phi) is 7.38. The molecule has 1 aromatic carbocycles. The van der Waals surface area contributed by atoms with Crippen molar-refractivity contribution in [3.8, 4) is 0 Å². The van der Waals surface area contributed by atoms with Gasteiger partial charge in [0.15, 0.2) is 5.96 Å². The van der Waals surface area contributed by atoms with Gasteiger partial charge in [-0.25, -0.2) is 13.4 Å². The zero-order chi connectivity index (χ0) is 22.5. The number of hydrogen-bond acceptors (Lipinski definition) is 5. The first kappa shape index (κ1) is 23.3. The van der Waals surface area contributed by atoms with E-state index in [4.69, 9.17) is 4.42 Å². The summed E-state index contributed by atoms with van der Waals surface area (Å²) in [5.74, 6) is 2.00. The number of nitrogens with one attached hydrogen (secondary N) is 2. The Morgan fingerprint density at radius 1 is 1.16 bits per heavy atom. The van der Waals surface area contributed by atoms with E-state index in [9.17, 15) is 8.42 Å². The first-order valence-corrected chi connectivity index (χ1v) is 12.1. The number of aromatic nitrogens is 1. The Balaban J connectivity index is 1.58. The second-order valence-corrected chi connectivity index (χ2v) is 10.7. The Hall–Kier alpha value is -2.39. The third-order valence-corrected chi connectivity index (χ3v) is 7.13. The minimum absolute atomic E-state index is 0.0925. The van der Waals surface area contributed by atoms with E-state index in [1.54, 1.807) is 35.7 Å². The van der Waals surface area contributed by atoms with Gasteiger partial charge in [-0.15, -0.1) is 0 Å². The number of oxazole rings is 1. The molecule has 2 heterocycles. The van der Waals surface area contributed by atoms with Crippen LogP contribution in [0.25, 0.3) is 0 Å². The molecule has 0 aliphatic carbocycles. The molecule has 1 aliphatic heterocycles. The van der Waals surface area contributed by atoms with E-state index in [-0.39, 0.29) is 5.41 Å². The second-order valence-electron chi connectivity index (χ2n) is 8.76. The van der Waals surface area contributed by atoms with Crippen LogP contribution in [0.5, 0.6) is 0 Å². The van der Waals surface area contributed by atoms with Gasteiger partial charge in [-0.1, -0.05) is 39.3 Å². The molecule has 0 atom stereocenters. The molecule has 31 heavy (non-hydrogen) atoms. The molecule has 8 nitrogen and oxygen atoms in total. The third-order valence-electron chi connectivity index (χ3n) is 5.23. The summed E-state index contributed by atoms with van der Waals surface area (Å²) in [5.41, 5.74) is 0.775. The van der Waals surface area contributed by atoms with Crippen molar-refractivity contribution in [3.63, 3.8) is 0 Å². The Morgan fingerprint density at radius 2 is 1.87 bits per heavy atom. The lowest BCUT2D eigenvalue weighted by molar-refractivity contribution is 0.346. The van der Waals surface area contributed by atoms with Crippen LogP contribution in [-0.2, 0) is 28.5 Å². The van der Waals surface area contributed by atoms with E-state index in [0.717, 1.165) is 30.6 Å². The maximum Gasteiger partial charge on any atom is 0.243 e. The number of hydrogen-bond donors (Lipinski definition) is 2. The summed E-state index contributed by atoms with van der Waals surface area (Å²) in [6, 6.07) is 7.08. The highest BCUT2D eigenvalue weighted by molar-refractivity contribution is 7.89. The Bertz CT molecular complexity index is 1000. The average Bonchev–Trinajstić information content (AvgIpc) is 3.24. The van der Waals surface area contributed by atoms with Crippen molar-refractivity contribution >= 4 is 16.0 Å². The van der Waals surface area contributed by atoms with Crippen LogP contribution in [0.3, 0.4) is 0 Å². The molecule has 0 amide bonds. The smallest absolute Gasteiger partial charge is 0.243 e. The first-order chi connectivity index (χ1) is 14.7. The quantitative estimate of drug-likeness (QED) is 0.522. The zero-order valence-corrected chi connectivity index (χ0v) is 19.6. The van der Waals surface area contributed by atoms with E-state index < -0.39 is 10.0 Å². The van der Waals surface area contributed by atoms with Crippen LogP contribution in [0.4, 0.5) is 0 Å². The topological polar surface area (TPSA) is 99.8 Å². The predicted octanol–water partition coefficient (Wildman–Crippen LogP) is 3.01. The van der Waals surface area contributed by atoms with Crippen molar-refractivity contribution < 1.29 is 12.8 Å². The van der Waals surface area contributed by atoms with Crippen LogP contribution in [0.1, 0.15) is 57.2 Å². The van der Waals surface area contributed by atoms with E-state index in [1.807, 2.05) is 6.07 Å². The average molecular weight is 448 g/mol. The third kappa shape index (κ3) is 6.07. The maximum absolute atomic E-state index is 12.9. The van der Waals surface area contributed by atoms with Crippen LogP contribution in [0, 0.1) is 0 Å². The van der Waals surface area contributed by atoms with Crippen LogP contribution < -0.4 is 10.6 Å². The maximum atomic E-state index is 12.9. The van der Waals surface area contributed by atoms with Gasteiger partial charge in [0.25, 0.3) is 0 Å². The number of rotatable bonds is 6. The van der Waals surface area contributed by atoms with E-state index in [1.165, 1.54) is 0 Å². The molecule has 170 valence electrons. The molecular weight excluding hydrogens is 414 g/mol. The fourth-order valence-electron chi connectivity index (χ4n) is 3.37. The summed E-state index contributed by atoms with van der Waals surface area (Å²) >= 11 is 0. The van der Waals surface area contributed by atoms with Gasteiger partial charge in [0, 0.05) is 32.1 Å². The molecule has 0 radical (unpaired) electrons. The minimum atomic E-state index is -3.45. The number of sulfonamides is 1. The highest BCUT2D eigenvalue weighted by atomic mass is 32.2. The molecule has 1 saturated heterocycles. The minimum Gasteiger partial charge on any atom is -0.443 e. The molecule has 2 aromatic rings. The second kappa shape index (κ2) is 9.82. The summed E-state index contributed by atoms with van der Waals surface area (Å²) in [6.07, 6.45) is 4.68. The molecule has 0 bridgehead atoms. The number of guanidine groups is 1. The van der Waals surface area contributed by atoms with Crippen LogP contribution in [-0.4, -0.2) is 43.8 Å². The summed E-state index contributed by atoms with van der Waals surface area (Å²) in [7, 11) is -1.76. The van der Waals surface area contributed by atoms with Gasteiger partial charge in [-0.2, -0.15) is 4.31 Å². The van der Waals surface area contributed by atoms with Crippen molar-refractivity contribution in [2.45, 2.75) is 63.4 Å². The summed E-state index contributed by atoms with van der Waals surface area (Å²) in [4.78, 5) is 8.86. The molecule has 1 aliphatic rings. The van der Waals surface area contributed by atoms with Gasteiger partial charge in [-0.3, -0.25) is 4.99 Å². The van der Waals surface area contributed by atoms with Crippen molar-refractivity contribution in [2.75, 3.05) is 20.1 Å². The monoisotopic (exact) mass is 447 g/mol. The molecule has 3 rings (SSSR count). The lowest BCUT2D eigenvalue weighted by Gasteiger charge is -2.26. The largest absolute Gasteiger partial charge is 0.443 e. The van der Waals surface area contributed by atoms with E-state index in [0.29, 0.717) is 42.9 Å². The SMILES string of the molecule is CN=C(NCc1cccc(S(=O)(=O)N2CCCCC2)c1)NCc1ncc(C(C)(C)C)o1. The van der Waals surface area contributed by atoms with Gasteiger partial charge in [0.05, 0.1) is 17.6 Å². The van der Waals surface area contributed by atoms with Crippen molar-refractivity contribution in [1.82, 2.24) is 19.9 Å². The van der Waals surface area contributed by atoms with Gasteiger partial charge >= 0.3 is 0 Å². The van der Waals surface area contributed by atoms with Gasteiger partial charge in [0.1, 0.15) is 5.76 Å². The highest BCUT2D eigenvalue weighted by Gasteiger charge is 2.26. The number of piperidine rings is 1. The normalized spacial score (nSPS) is 16.3. The Morgan fingerprint density at radius 3 is 2.52 bits per heavy atom. The van der Waals surface area contributed by atoms with E-state index >= 15 is 0 Å². The molecule has 2 N–H and O–H groups in total. The van der Waals surface area contributed by atoms with Crippen molar-refractivity contribution in [1.29, 1.82) is 0 Å². The predicted molar refractivity (Wildman–Crippen MR) is 121 cm³/mol. The molecular formula is C22H33N5O3S. The van der Waals surface area contributed by atoms with Crippen LogP contribution in [0.2, 0.25) is 0 Å². The summed E-state index contributed by atoms with van der Waals surface area (Å²) in [5, 5.41) is 6.39. The number of aliphatic imine (C=N–C) groups is 1. The molecule has 0 unspecified atom stereocenters.